The number of furan rings is 1. The van der Waals surface area contributed by atoms with E-state index >= 15 is 0 Å². The molecule has 8 heteroatoms. The number of amides is 3. The summed E-state index contributed by atoms with van der Waals surface area (Å²) in [5.74, 6) is 1.29. The first-order chi connectivity index (χ1) is 12.6. The number of piperazine rings is 1. The van der Waals surface area contributed by atoms with Crippen molar-refractivity contribution in [3.05, 3.63) is 42.4 Å². The molecule has 8 nitrogen and oxygen atoms in total. The second-order valence-electron chi connectivity index (χ2n) is 5.76. The molecule has 0 aliphatic carbocycles. The molecule has 1 N–H and O–H groups in total. The van der Waals surface area contributed by atoms with E-state index in [-0.39, 0.29) is 11.9 Å². The van der Waals surface area contributed by atoms with Gasteiger partial charge in [-0.2, -0.15) is 0 Å². The zero-order valence-corrected chi connectivity index (χ0v) is 14.7. The van der Waals surface area contributed by atoms with Crippen LogP contribution in [0.15, 0.2) is 41.0 Å². The quantitative estimate of drug-likeness (QED) is 0.905. The molecule has 1 aromatic heterocycles. The first-order valence-corrected chi connectivity index (χ1v) is 8.23. The number of methoxy groups -OCH3 is 2. The van der Waals surface area contributed by atoms with Crippen molar-refractivity contribution in [3.8, 4) is 11.5 Å². The number of urea groups is 1. The summed E-state index contributed by atoms with van der Waals surface area (Å²) in [6, 6.07) is 8.28. The average Bonchev–Trinajstić information content (AvgIpc) is 3.22. The second kappa shape index (κ2) is 7.81. The van der Waals surface area contributed by atoms with Gasteiger partial charge in [0.25, 0.3) is 5.91 Å². The van der Waals surface area contributed by atoms with Gasteiger partial charge >= 0.3 is 6.03 Å². The van der Waals surface area contributed by atoms with E-state index in [0.29, 0.717) is 49.1 Å². The van der Waals surface area contributed by atoms with Crippen molar-refractivity contribution in [2.24, 2.45) is 0 Å². The Kier molecular flexibility index (Phi) is 5.31. The van der Waals surface area contributed by atoms with Crippen LogP contribution in [0.4, 0.5) is 10.5 Å². The van der Waals surface area contributed by atoms with Crippen LogP contribution in [0.25, 0.3) is 0 Å². The largest absolute Gasteiger partial charge is 0.493 e. The van der Waals surface area contributed by atoms with Crippen LogP contribution >= 0.6 is 0 Å². The van der Waals surface area contributed by atoms with Crippen molar-refractivity contribution < 1.29 is 23.5 Å². The molecule has 0 atom stereocenters. The smallest absolute Gasteiger partial charge is 0.321 e. The molecule has 3 amide bonds. The Bertz CT molecular complexity index is 767. The van der Waals surface area contributed by atoms with Gasteiger partial charge in [-0.25, -0.2) is 4.79 Å². The van der Waals surface area contributed by atoms with Crippen LogP contribution in [0, 0.1) is 0 Å². The molecule has 26 heavy (non-hydrogen) atoms. The van der Waals surface area contributed by atoms with Crippen molar-refractivity contribution in [2.45, 2.75) is 0 Å². The number of anilines is 1. The Balaban J connectivity index is 1.56. The normalized spacial score (nSPS) is 14.1. The van der Waals surface area contributed by atoms with E-state index < -0.39 is 0 Å². The van der Waals surface area contributed by atoms with Gasteiger partial charge in [-0.3, -0.25) is 4.79 Å². The molecule has 1 fully saturated rings. The molecule has 0 spiro atoms. The molecule has 3 rings (SSSR count). The average molecular weight is 359 g/mol. The van der Waals surface area contributed by atoms with Gasteiger partial charge in [0, 0.05) is 37.9 Å². The number of carbonyl (C=O) groups excluding carboxylic acids is 2. The molecule has 1 aliphatic heterocycles. The summed E-state index contributed by atoms with van der Waals surface area (Å²) in [5, 5.41) is 2.84. The molecule has 1 saturated heterocycles. The first kappa shape index (κ1) is 17.7. The lowest BCUT2D eigenvalue weighted by molar-refractivity contribution is 0.0640. The maximum absolute atomic E-state index is 12.4. The number of carbonyl (C=O) groups is 2. The van der Waals surface area contributed by atoms with E-state index in [9.17, 15) is 9.59 Å². The van der Waals surface area contributed by atoms with Gasteiger partial charge in [-0.15, -0.1) is 0 Å². The number of nitrogens with one attached hydrogen (secondary N) is 1. The van der Waals surface area contributed by atoms with Crippen molar-refractivity contribution in [1.29, 1.82) is 0 Å². The molecule has 0 radical (unpaired) electrons. The van der Waals surface area contributed by atoms with Crippen LogP contribution < -0.4 is 14.8 Å². The van der Waals surface area contributed by atoms with E-state index in [0.717, 1.165) is 0 Å². The molecule has 2 aromatic rings. The van der Waals surface area contributed by atoms with Gasteiger partial charge in [0.15, 0.2) is 17.3 Å². The lowest BCUT2D eigenvalue weighted by Crippen LogP contribution is -2.51. The minimum Gasteiger partial charge on any atom is -0.493 e. The zero-order valence-electron chi connectivity index (χ0n) is 14.7. The summed E-state index contributed by atoms with van der Waals surface area (Å²) in [6.07, 6.45) is 1.47. The van der Waals surface area contributed by atoms with E-state index in [2.05, 4.69) is 5.32 Å². The Hall–Kier alpha value is -3.16. The van der Waals surface area contributed by atoms with Crippen molar-refractivity contribution in [1.82, 2.24) is 9.80 Å². The van der Waals surface area contributed by atoms with Gasteiger partial charge < -0.3 is 29.0 Å². The van der Waals surface area contributed by atoms with E-state index in [1.807, 2.05) is 0 Å². The fourth-order valence-electron chi connectivity index (χ4n) is 2.79. The number of rotatable bonds is 4. The number of nitrogens with zero attached hydrogens (tertiary/aromatic N) is 2. The Morgan fingerprint density at radius 1 is 1.00 bits per heavy atom. The maximum atomic E-state index is 12.4. The summed E-state index contributed by atoms with van der Waals surface area (Å²) < 4.78 is 15.6. The van der Waals surface area contributed by atoms with E-state index in [4.69, 9.17) is 13.9 Å². The first-order valence-electron chi connectivity index (χ1n) is 8.23. The Morgan fingerprint density at radius 2 is 1.69 bits per heavy atom. The van der Waals surface area contributed by atoms with Crippen LogP contribution in [0.3, 0.4) is 0 Å². The van der Waals surface area contributed by atoms with Crippen LogP contribution in [-0.2, 0) is 0 Å². The summed E-state index contributed by atoms with van der Waals surface area (Å²) in [6.45, 7) is 1.81. The topological polar surface area (TPSA) is 84.3 Å². The van der Waals surface area contributed by atoms with Gasteiger partial charge in [0.2, 0.25) is 0 Å². The molecular formula is C18H21N3O5. The third kappa shape index (κ3) is 3.74. The van der Waals surface area contributed by atoms with Crippen molar-refractivity contribution in [3.63, 3.8) is 0 Å². The highest BCUT2D eigenvalue weighted by Gasteiger charge is 2.26. The predicted molar refractivity (Wildman–Crippen MR) is 94.7 cm³/mol. The fraction of sp³-hybridized carbons (Fsp3) is 0.333. The summed E-state index contributed by atoms with van der Waals surface area (Å²) in [5.41, 5.74) is 0.613. The van der Waals surface area contributed by atoms with Gasteiger partial charge in [0.1, 0.15) is 0 Å². The number of ether oxygens (including phenoxy) is 2. The number of hydrogen-bond donors (Lipinski definition) is 1. The fourth-order valence-corrected chi connectivity index (χ4v) is 2.79. The zero-order chi connectivity index (χ0) is 18.5. The molecule has 0 unspecified atom stereocenters. The number of hydrogen-bond acceptors (Lipinski definition) is 5. The third-order valence-electron chi connectivity index (χ3n) is 4.22. The molecule has 138 valence electrons. The maximum Gasteiger partial charge on any atom is 0.321 e. The van der Waals surface area contributed by atoms with Gasteiger partial charge in [0.05, 0.1) is 20.5 Å². The molecular weight excluding hydrogens is 338 g/mol. The molecule has 2 heterocycles. The molecule has 1 aromatic carbocycles. The summed E-state index contributed by atoms with van der Waals surface area (Å²) >= 11 is 0. The minimum absolute atomic E-state index is 0.157. The Morgan fingerprint density at radius 3 is 2.31 bits per heavy atom. The highest BCUT2D eigenvalue weighted by Crippen LogP contribution is 2.29. The monoisotopic (exact) mass is 359 g/mol. The number of benzene rings is 1. The van der Waals surface area contributed by atoms with Crippen LogP contribution in [0.5, 0.6) is 11.5 Å². The van der Waals surface area contributed by atoms with Gasteiger partial charge in [-0.1, -0.05) is 0 Å². The van der Waals surface area contributed by atoms with Crippen molar-refractivity contribution >= 4 is 17.6 Å². The highest BCUT2D eigenvalue weighted by atomic mass is 16.5. The SMILES string of the molecule is COc1ccc(NC(=O)N2CCN(C(=O)c3ccco3)CC2)cc1OC. The molecule has 1 aliphatic rings. The highest BCUT2D eigenvalue weighted by molar-refractivity contribution is 5.92. The molecule has 0 saturated carbocycles. The van der Waals surface area contributed by atoms with Crippen LogP contribution in [0.1, 0.15) is 10.6 Å². The molecule has 0 bridgehead atoms. The summed E-state index contributed by atoms with van der Waals surface area (Å²) in [4.78, 5) is 28.0. The third-order valence-corrected chi connectivity index (χ3v) is 4.22. The van der Waals surface area contributed by atoms with Gasteiger partial charge in [-0.05, 0) is 24.3 Å². The minimum atomic E-state index is -0.220. The lowest BCUT2D eigenvalue weighted by atomic mass is 10.2. The van der Waals surface area contributed by atoms with E-state index in [1.54, 1.807) is 54.4 Å². The predicted octanol–water partition coefficient (Wildman–Crippen LogP) is 2.29. The van der Waals surface area contributed by atoms with Crippen molar-refractivity contribution in [2.75, 3.05) is 45.7 Å². The van der Waals surface area contributed by atoms with Crippen LogP contribution in [0.2, 0.25) is 0 Å². The summed E-state index contributed by atoms with van der Waals surface area (Å²) in [7, 11) is 3.10. The van der Waals surface area contributed by atoms with Crippen LogP contribution in [-0.4, -0.2) is 62.1 Å². The van der Waals surface area contributed by atoms with E-state index in [1.165, 1.54) is 6.26 Å². The lowest BCUT2D eigenvalue weighted by Gasteiger charge is -2.34. The Labute approximate surface area is 151 Å². The second-order valence-corrected chi connectivity index (χ2v) is 5.76. The standard InChI is InChI=1S/C18H21N3O5/c1-24-14-6-5-13(12-16(14)25-2)19-18(23)21-9-7-20(8-10-21)17(22)15-4-3-11-26-15/h3-6,11-12H,7-10H2,1-2H3,(H,19,23).